The molecule has 144 valence electrons. The normalized spacial score (nSPS) is 15.3. The van der Waals surface area contributed by atoms with Crippen LogP contribution >= 0.6 is 0 Å². The molecule has 0 unspecified atom stereocenters. The van der Waals surface area contributed by atoms with Gasteiger partial charge in [0.15, 0.2) is 0 Å². The van der Waals surface area contributed by atoms with Crippen LogP contribution in [0.15, 0.2) is 53.4 Å². The second-order valence-electron chi connectivity index (χ2n) is 6.86. The van der Waals surface area contributed by atoms with Crippen molar-refractivity contribution in [3.05, 3.63) is 54.1 Å². The molecule has 1 amide bonds. The number of anilines is 2. The van der Waals surface area contributed by atoms with E-state index in [1.54, 1.807) is 42.5 Å². The van der Waals surface area contributed by atoms with Gasteiger partial charge < -0.3 is 10.2 Å². The van der Waals surface area contributed by atoms with Crippen molar-refractivity contribution in [1.82, 2.24) is 4.31 Å². The van der Waals surface area contributed by atoms with E-state index in [9.17, 15) is 13.2 Å². The SMILES string of the molecule is CN(C)c1cccc(C(=O)Nc2ccccc2S(=O)(=O)N2CCCCC2)c1. The third-order valence-electron chi connectivity index (χ3n) is 4.69. The quantitative estimate of drug-likeness (QED) is 0.855. The Hall–Kier alpha value is -2.38. The molecular formula is C20H25N3O3S. The minimum atomic E-state index is -3.63. The van der Waals surface area contributed by atoms with Crippen LogP contribution < -0.4 is 10.2 Å². The van der Waals surface area contributed by atoms with Crippen molar-refractivity contribution in [2.24, 2.45) is 0 Å². The molecule has 3 rings (SSSR count). The van der Waals surface area contributed by atoms with E-state index < -0.39 is 10.0 Å². The number of nitrogens with one attached hydrogen (secondary N) is 1. The van der Waals surface area contributed by atoms with Gasteiger partial charge in [0.25, 0.3) is 5.91 Å². The lowest BCUT2D eigenvalue weighted by Gasteiger charge is -2.26. The Labute approximate surface area is 160 Å². The smallest absolute Gasteiger partial charge is 0.255 e. The first-order chi connectivity index (χ1) is 12.9. The molecule has 1 aliphatic rings. The highest BCUT2D eigenvalue weighted by Gasteiger charge is 2.28. The highest BCUT2D eigenvalue weighted by atomic mass is 32.2. The summed E-state index contributed by atoms with van der Waals surface area (Å²) in [5.74, 6) is -0.333. The number of para-hydroxylation sites is 1. The van der Waals surface area contributed by atoms with E-state index in [2.05, 4.69) is 5.32 Å². The van der Waals surface area contributed by atoms with E-state index in [1.807, 2.05) is 25.1 Å². The summed E-state index contributed by atoms with van der Waals surface area (Å²) in [5, 5.41) is 2.77. The molecule has 0 aromatic heterocycles. The monoisotopic (exact) mass is 387 g/mol. The topological polar surface area (TPSA) is 69.7 Å². The molecule has 0 radical (unpaired) electrons. The number of benzene rings is 2. The average Bonchev–Trinajstić information content (AvgIpc) is 2.69. The standard InChI is InChI=1S/C20H25N3O3S/c1-22(2)17-10-8-9-16(15-17)20(24)21-18-11-4-5-12-19(18)27(25,26)23-13-6-3-7-14-23/h4-5,8-12,15H,3,6-7,13-14H2,1-2H3,(H,21,24). The number of amides is 1. The summed E-state index contributed by atoms with van der Waals surface area (Å²) in [6, 6.07) is 13.8. The van der Waals surface area contributed by atoms with Gasteiger partial charge >= 0.3 is 0 Å². The molecule has 0 saturated carbocycles. The van der Waals surface area contributed by atoms with Gasteiger partial charge in [-0.15, -0.1) is 0 Å². The van der Waals surface area contributed by atoms with Crippen LogP contribution in [-0.4, -0.2) is 45.8 Å². The lowest BCUT2D eigenvalue weighted by molar-refractivity contribution is 0.102. The minimum absolute atomic E-state index is 0.143. The van der Waals surface area contributed by atoms with Crippen molar-refractivity contribution < 1.29 is 13.2 Å². The fraction of sp³-hybridized carbons (Fsp3) is 0.350. The van der Waals surface area contributed by atoms with Gasteiger partial charge in [-0.3, -0.25) is 4.79 Å². The maximum atomic E-state index is 13.0. The third kappa shape index (κ3) is 4.31. The molecule has 6 nitrogen and oxygen atoms in total. The molecular weight excluding hydrogens is 362 g/mol. The average molecular weight is 388 g/mol. The Morgan fingerprint density at radius 2 is 1.70 bits per heavy atom. The van der Waals surface area contributed by atoms with Crippen LogP contribution in [0.3, 0.4) is 0 Å². The van der Waals surface area contributed by atoms with E-state index in [4.69, 9.17) is 0 Å². The van der Waals surface area contributed by atoms with Crippen LogP contribution in [-0.2, 0) is 10.0 Å². The molecule has 1 heterocycles. The fourth-order valence-electron chi connectivity index (χ4n) is 3.16. The van der Waals surface area contributed by atoms with Gasteiger partial charge in [-0.2, -0.15) is 4.31 Å². The highest BCUT2D eigenvalue weighted by Crippen LogP contribution is 2.27. The van der Waals surface area contributed by atoms with Crippen LogP contribution in [0.2, 0.25) is 0 Å². The van der Waals surface area contributed by atoms with Gasteiger partial charge in [-0.25, -0.2) is 8.42 Å². The number of carbonyl (C=O) groups excluding carboxylic acids is 1. The largest absolute Gasteiger partial charge is 0.378 e. The molecule has 0 bridgehead atoms. The number of carbonyl (C=O) groups is 1. The molecule has 1 fully saturated rings. The number of nitrogens with zero attached hydrogens (tertiary/aromatic N) is 2. The first-order valence-corrected chi connectivity index (χ1v) is 10.5. The Bertz CT molecular complexity index is 920. The summed E-state index contributed by atoms with van der Waals surface area (Å²) in [6.45, 7) is 1.05. The van der Waals surface area contributed by atoms with E-state index in [-0.39, 0.29) is 10.8 Å². The molecule has 0 aliphatic carbocycles. The van der Waals surface area contributed by atoms with Gasteiger partial charge in [0.05, 0.1) is 5.69 Å². The maximum absolute atomic E-state index is 13.0. The fourth-order valence-corrected chi connectivity index (χ4v) is 4.82. The molecule has 7 heteroatoms. The lowest BCUT2D eigenvalue weighted by atomic mass is 10.1. The number of sulfonamides is 1. The van der Waals surface area contributed by atoms with Crippen LogP contribution in [0.4, 0.5) is 11.4 Å². The second kappa shape index (κ2) is 8.10. The molecule has 1 N–H and O–H groups in total. The van der Waals surface area contributed by atoms with Crippen LogP contribution in [0.5, 0.6) is 0 Å². The molecule has 2 aromatic carbocycles. The Kier molecular flexibility index (Phi) is 5.82. The summed E-state index contributed by atoms with van der Waals surface area (Å²) in [6.07, 6.45) is 2.78. The van der Waals surface area contributed by atoms with Gasteiger partial charge in [0, 0.05) is 38.4 Å². The minimum Gasteiger partial charge on any atom is -0.378 e. The summed E-state index contributed by atoms with van der Waals surface area (Å²) in [5.41, 5.74) is 1.69. The summed E-state index contributed by atoms with van der Waals surface area (Å²) < 4.78 is 27.6. The van der Waals surface area contributed by atoms with Crippen molar-refractivity contribution in [3.8, 4) is 0 Å². The first-order valence-electron chi connectivity index (χ1n) is 9.07. The summed E-state index contributed by atoms with van der Waals surface area (Å²) >= 11 is 0. The molecule has 0 atom stereocenters. The molecule has 27 heavy (non-hydrogen) atoms. The summed E-state index contributed by atoms with van der Waals surface area (Å²) in [4.78, 5) is 14.8. The van der Waals surface area contributed by atoms with E-state index >= 15 is 0 Å². The second-order valence-corrected chi connectivity index (χ2v) is 8.77. The molecule has 0 spiro atoms. The predicted octanol–water partition coefficient (Wildman–Crippen LogP) is 3.18. The molecule has 1 saturated heterocycles. The number of hydrogen-bond donors (Lipinski definition) is 1. The Morgan fingerprint density at radius 3 is 2.41 bits per heavy atom. The number of rotatable bonds is 5. The zero-order valence-corrected chi connectivity index (χ0v) is 16.5. The van der Waals surface area contributed by atoms with Crippen LogP contribution in [0.25, 0.3) is 0 Å². The molecule has 2 aromatic rings. The zero-order chi connectivity index (χ0) is 19.4. The van der Waals surface area contributed by atoms with Gasteiger partial charge in [0.2, 0.25) is 10.0 Å². The summed E-state index contributed by atoms with van der Waals surface area (Å²) in [7, 11) is 0.169. The van der Waals surface area contributed by atoms with E-state index in [0.717, 1.165) is 24.9 Å². The third-order valence-corrected chi connectivity index (χ3v) is 6.65. The van der Waals surface area contributed by atoms with Gasteiger partial charge in [0.1, 0.15) is 4.90 Å². The van der Waals surface area contributed by atoms with Crippen LogP contribution in [0, 0.1) is 0 Å². The Balaban J connectivity index is 1.88. The van der Waals surface area contributed by atoms with E-state index in [0.29, 0.717) is 24.3 Å². The lowest BCUT2D eigenvalue weighted by Crippen LogP contribution is -2.36. The molecule has 1 aliphatic heterocycles. The van der Waals surface area contributed by atoms with Crippen molar-refractivity contribution in [2.75, 3.05) is 37.4 Å². The van der Waals surface area contributed by atoms with E-state index in [1.165, 1.54) is 4.31 Å². The highest BCUT2D eigenvalue weighted by molar-refractivity contribution is 7.89. The van der Waals surface area contributed by atoms with Gasteiger partial charge in [-0.05, 0) is 43.2 Å². The first kappa shape index (κ1) is 19.4. The predicted molar refractivity (Wildman–Crippen MR) is 108 cm³/mol. The van der Waals surface area contributed by atoms with Gasteiger partial charge in [-0.1, -0.05) is 24.6 Å². The number of piperidine rings is 1. The Morgan fingerprint density at radius 1 is 1.00 bits per heavy atom. The van der Waals surface area contributed by atoms with Crippen LogP contribution in [0.1, 0.15) is 29.6 Å². The number of hydrogen-bond acceptors (Lipinski definition) is 4. The van der Waals surface area contributed by atoms with Crippen molar-refractivity contribution in [2.45, 2.75) is 24.2 Å². The zero-order valence-electron chi connectivity index (χ0n) is 15.7. The van der Waals surface area contributed by atoms with Crippen molar-refractivity contribution in [3.63, 3.8) is 0 Å². The van der Waals surface area contributed by atoms with Crippen molar-refractivity contribution in [1.29, 1.82) is 0 Å². The van der Waals surface area contributed by atoms with Crippen molar-refractivity contribution >= 4 is 27.3 Å². The maximum Gasteiger partial charge on any atom is 0.255 e.